The Balaban J connectivity index is 1.50. The number of aromatic nitrogens is 1. The first-order valence-electron chi connectivity index (χ1n) is 9.88. The van der Waals surface area contributed by atoms with E-state index in [0.29, 0.717) is 13.0 Å². The van der Waals surface area contributed by atoms with Gasteiger partial charge in [-0.3, -0.25) is 9.78 Å². The number of carbonyl (C=O) groups excluding carboxylic acids is 2. The van der Waals surface area contributed by atoms with E-state index in [9.17, 15) is 19.6 Å². The van der Waals surface area contributed by atoms with Crippen molar-refractivity contribution in [3.63, 3.8) is 0 Å². The number of nitrogens with zero attached hydrogens (tertiary/aromatic N) is 4. The van der Waals surface area contributed by atoms with Crippen LogP contribution in [0.5, 0.6) is 0 Å². The van der Waals surface area contributed by atoms with Crippen molar-refractivity contribution in [2.24, 2.45) is 5.92 Å². The molecular weight excluding hydrogens is 362 g/mol. The third-order valence-electron chi connectivity index (χ3n) is 5.52. The number of pyridine rings is 1. The lowest BCUT2D eigenvalue weighted by molar-refractivity contribution is -0.716. The number of carbonyl (C=O) groups is 2. The van der Waals surface area contributed by atoms with Crippen molar-refractivity contribution in [3.8, 4) is 0 Å². The number of hydrogen-bond donors (Lipinski definition) is 1. The van der Waals surface area contributed by atoms with Gasteiger partial charge in [-0.05, 0) is 37.8 Å². The van der Waals surface area contributed by atoms with Gasteiger partial charge in [-0.15, -0.1) is 5.01 Å². The highest BCUT2D eigenvalue weighted by atomic mass is 16.4. The Morgan fingerprint density at radius 2 is 1.89 bits per heavy atom. The molecule has 0 saturated carbocycles. The van der Waals surface area contributed by atoms with Gasteiger partial charge in [-0.25, -0.2) is 0 Å². The van der Waals surface area contributed by atoms with Gasteiger partial charge in [-0.2, -0.15) is 0 Å². The highest BCUT2D eigenvalue weighted by molar-refractivity contribution is 5.79. The van der Waals surface area contributed by atoms with Crippen LogP contribution < -0.4 is 15.3 Å². The summed E-state index contributed by atoms with van der Waals surface area (Å²) >= 11 is 0. The van der Waals surface area contributed by atoms with E-state index in [1.807, 2.05) is 17.1 Å². The average molecular weight is 389 g/mol. The van der Waals surface area contributed by atoms with E-state index in [2.05, 4.69) is 15.2 Å². The number of anilines is 1. The molecule has 28 heavy (non-hydrogen) atoms. The zero-order valence-corrected chi connectivity index (χ0v) is 16.0. The van der Waals surface area contributed by atoms with Gasteiger partial charge in [0.15, 0.2) is 0 Å². The first kappa shape index (κ1) is 20.0. The standard InChI is InChI=1S/C19H27N5O4/c25-18(26)5-10-21-19(27)15-2-1-11-23(24(28)14-15)17-6-12-22(13-7-17)16-3-8-20-9-4-16/h3-4,8-9,15,17H,1-2,5-7,10-14H2,(H-,21,25,26,27). The van der Waals surface area contributed by atoms with Crippen LogP contribution in [0.25, 0.3) is 0 Å². The fourth-order valence-electron chi connectivity index (χ4n) is 3.98. The number of aliphatic carboxylic acids is 1. The maximum Gasteiger partial charge on any atom is 0.237 e. The quantitative estimate of drug-likeness (QED) is 0.666. The zero-order chi connectivity index (χ0) is 19.9. The summed E-state index contributed by atoms with van der Waals surface area (Å²) in [6.07, 6.45) is 6.53. The number of carboxylic acid groups (broad SMARTS) is 1. The van der Waals surface area contributed by atoms with Gasteiger partial charge in [0.1, 0.15) is 10.8 Å². The van der Waals surface area contributed by atoms with E-state index in [1.54, 1.807) is 12.4 Å². The van der Waals surface area contributed by atoms with Gasteiger partial charge in [0, 0.05) is 50.1 Å². The van der Waals surface area contributed by atoms with Crippen molar-refractivity contribution in [1.29, 1.82) is 0 Å². The Hall–Kier alpha value is -2.71. The first-order chi connectivity index (χ1) is 13.5. The Morgan fingerprint density at radius 1 is 1.18 bits per heavy atom. The molecule has 0 bridgehead atoms. The molecule has 0 aliphatic carbocycles. The van der Waals surface area contributed by atoms with Crippen molar-refractivity contribution in [2.75, 3.05) is 37.6 Å². The van der Waals surface area contributed by atoms with E-state index in [-0.39, 0.29) is 31.5 Å². The van der Waals surface area contributed by atoms with E-state index < -0.39 is 11.9 Å². The lowest BCUT2D eigenvalue weighted by Crippen LogP contribution is -2.49. The molecule has 9 heteroatoms. The Kier molecular flexibility index (Phi) is 6.78. The summed E-state index contributed by atoms with van der Waals surface area (Å²) in [4.78, 5) is 42.7. The normalized spacial score (nSPS) is 21.3. The maximum absolute atomic E-state index is 12.7. The number of piperidine rings is 1. The molecule has 3 rings (SSSR count). The van der Waals surface area contributed by atoms with E-state index in [1.165, 1.54) is 0 Å². The minimum atomic E-state index is -1.20. The summed E-state index contributed by atoms with van der Waals surface area (Å²) in [6.45, 7) is 2.56. The second-order valence-electron chi connectivity index (χ2n) is 7.37. The number of carboxylic acids is 1. The number of rotatable bonds is 6. The molecule has 1 amide bonds. The highest BCUT2D eigenvalue weighted by Crippen LogP contribution is 2.24. The van der Waals surface area contributed by atoms with Crippen LogP contribution in [-0.2, 0) is 9.59 Å². The molecule has 9 nitrogen and oxygen atoms in total. The van der Waals surface area contributed by atoms with Crippen molar-refractivity contribution in [2.45, 2.75) is 38.1 Å². The van der Waals surface area contributed by atoms with Crippen LogP contribution in [0.3, 0.4) is 0 Å². The molecule has 0 radical (unpaired) electrons. The monoisotopic (exact) mass is 389 g/mol. The molecule has 0 aromatic carbocycles. The predicted octanol–water partition coefficient (Wildman–Crippen LogP) is -0.287. The molecule has 2 aliphatic rings. The number of nitrogens with one attached hydrogen (secondary N) is 1. The van der Waals surface area contributed by atoms with Crippen LogP contribution in [0.1, 0.15) is 32.1 Å². The molecule has 152 valence electrons. The largest absolute Gasteiger partial charge is 0.550 e. The van der Waals surface area contributed by atoms with Gasteiger partial charge in [0.2, 0.25) is 12.5 Å². The smallest absolute Gasteiger partial charge is 0.237 e. The van der Waals surface area contributed by atoms with Gasteiger partial charge in [-0.1, -0.05) is 0 Å². The van der Waals surface area contributed by atoms with Crippen molar-refractivity contribution in [1.82, 2.24) is 15.3 Å². The second kappa shape index (κ2) is 9.48. The first-order valence-corrected chi connectivity index (χ1v) is 9.88. The predicted molar refractivity (Wildman–Crippen MR) is 100 cm³/mol. The van der Waals surface area contributed by atoms with Gasteiger partial charge >= 0.3 is 0 Å². The van der Waals surface area contributed by atoms with E-state index in [0.717, 1.165) is 42.9 Å². The molecule has 0 spiro atoms. The highest BCUT2D eigenvalue weighted by Gasteiger charge is 2.38. The molecule has 3 heterocycles. The average Bonchev–Trinajstić information content (AvgIpc) is 2.90. The SMILES string of the molecule is O=C([O-])CCNC(=O)C1CCCN(C2CCN(c3ccncc3)CC2)[N+](=O)C1. The Bertz CT molecular complexity index is 691. The Labute approximate surface area is 164 Å². The molecular formula is C19H27N5O4. The molecule has 1 atom stereocenters. The minimum Gasteiger partial charge on any atom is -0.550 e. The van der Waals surface area contributed by atoms with Gasteiger partial charge in [0.25, 0.3) is 0 Å². The van der Waals surface area contributed by atoms with E-state index >= 15 is 0 Å². The summed E-state index contributed by atoms with van der Waals surface area (Å²) in [7, 11) is 0. The molecule has 2 aliphatic heterocycles. The number of hydrogen-bond acceptors (Lipinski definition) is 6. The lowest BCUT2D eigenvalue weighted by Gasteiger charge is -2.35. The van der Waals surface area contributed by atoms with Crippen molar-refractivity contribution >= 4 is 17.6 Å². The zero-order valence-electron chi connectivity index (χ0n) is 16.0. The Morgan fingerprint density at radius 3 is 2.57 bits per heavy atom. The third-order valence-corrected chi connectivity index (χ3v) is 5.52. The van der Waals surface area contributed by atoms with Gasteiger partial charge in [0.05, 0.1) is 17.5 Å². The summed E-state index contributed by atoms with van der Waals surface area (Å²) in [6, 6.07) is 4.17. The van der Waals surface area contributed by atoms with Crippen LogP contribution >= 0.6 is 0 Å². The van der Waals surface area contributed by atoms with Crippen LogP contribution in [0, 0.1) is 10.8 Å². The number of hydrazine groups is 1. The van der Waals surface area contributed by atoms with Crippen molar-refractivity contribution in [3.05, 3.63) is 29.4 Å². The van der Waals surface area contributed by atoms with Crippen LogP contribution in [0.2, 0.25) is 0 Å². The van der Waals surface area contributed by atoms with Crippen LogP contribution in [0.4, 0.5) is 5.69 Å². The summed E-state index contributed by atoms with van der Waals surface area (Å²) in [5.74, 6) is -1.87. The molecule has 1 aromatic rings. The van der Waals surface area contributed by atoms with E-state index in [4.69, 9.17) is 0 Å². The molecule has 1 aromatic heterocycles. The summed E-state index contributed by atoms with van der Waals surface area (Å²) in [5.41, 5.74) is 1.15. The maximum atomic E-state index is 12.7. The fraction of sp³-hybridized carbons (Fsp3) is 0.632. The van der Waals surface area contributed by atoms with Crippen molar-refractivity contribution < 1.29 is 19.6 Å². The fourth-order valence-corrected chi connectivity index (χ4v) is 3.98. The second-order valence-corrected chi connectivity index (χ2v) is 7.37. The molecule has 2 fully saturated rings. The van der Waals surface area contributed by atoms with Gasteiger partial charge < -0.3 is 20.1 Å². The summed E-state index contributed by atoms with van der Waals surface area (Å²) in [5, 5.41) is 14.9. The molecule has 2 saturated heterocycles. The summed E-state index contributed by atoms with van der Waals surface area (Å²) < 4.78 is 0. The minimum absolute atomic E-state index is 0.0354. The lowest BCUT2D eigenvalue weighted by atomic mass is 10.0. The van der Waals surface area contributed by atoms with Crippen LogP contribution in [0.15, 0.2) is 24.5 Å². The number of amides is 1. The molecule has 1 N–H and O–H groups in total. The third kappa shape index (κ3) is 5.17. The van der Waals surface area contributed by atoms with Crippen LogP contribution in [-0.4, -0.2) is 65.5 Å². The topological polar surface area (TPSA) is 109 Å². The number of nitroso groups, excluding NO2 is 1. The molecule has 1 unspecified atom stereocenters.